The Labute approximate surface area is 142 Å². The summed E-state index contributed by atoms with van der Waals surface area (Å²) in [6, 6.07) is 10.7. The van der Waals surface area contributed by atoms with Crippen LogP contribution in [0.5, 0.6) is 5.75 Å². The molecule has 0 aliphatic heterocycles. The molecule has 0 aromatic heterocycles. The Hall–Kier alpha value is -1.37. The van der Waals surface area contributed by atoms with Gasteiger partial charge in [0.1, 0.15) is 5.75 Å². The summed E-state index contributed by atoms with van der Waals surface area (Å²) in [6.45, 7) is 9.38. The van der Waals surface area contributed by atoms with Crippen molar-refractivity contribution < 1.29 is 5.11 Å². The average molecular weight is 329 g/mol. The molecule has 2 rings (SSSR count). The van der Waals surface area contributed by atoms with Gasteiger partial charge in [0.15, 0.2) is 0 Å². The van der Waals surface area contributed by atoms with Gasteiger partial charge in [-0.25, -0.2) is 0 Å². The van der Waals surface area contributed by atoms with Crippen molar-refractivity contribution in [3.05, 3.63) is 58.1 Å². The highest BCUT2D eigenvalue weighted by Crippen LogP contribution is 2.43. The molecular formula is C20H28NOP. The fourth-order valence-electron chi connectivity index (χ4n) is 3.11. The molecule has 0 bridgehead atoms. The van der Waals surface area contributed by atoms with Gasteiger partial charge in [-0.1, -0.05) is 51.4 Å². The lowest BCUT2D eigenvalue weighted by atomic mass is 10.0. The van der Waals surface area contributed by atoms with Crippen LogP contribution in [0.15, 0.2) is 30.3 Å². The molecule has 2 aromatic rings. The Balaban J connectivity index is 2.42. The van der Waals surface area contributed by atoms with Crippen LogP contribution < -0.4 is 10.6 Å². The van der Waals surface area contributed by atoms with Crippen molar-refractivity contribution >= 4 is 13.9 Å². The molecule has 2 nitrogen and oxygen atoms in total. The van der Waals surface area contributed by atoms with Gasteiger partial charge in [-0.3, -0.25) is 0 Å². The Morgan fingerprint density at radius 1 is 1.13 bits per heavy atom. The minimum Gasteiger partial charge on any atom is -0.507 e. The molecule has 0 saturated carbocycles. The van der Waals surface area contributed by atoms with E-state index in [-0.39, 0.29) is 0 Å². The molecule has 0 amide bonds. The van der Waals surface area contributed by atoms with E-state index in [4.69, 9.17) is 0 Å². The van der Waals surface area contributed by atoms with Crippen LogP contribution in [0, 0.1) is 20.8 Å². The first kappa shape index (κ1) is 18.0. The van der Waals surface area contributed by atoms with Gasteiger partial charge < -0.3 is 10.4 Å². The maximum Gasteiger partial charge on any atom is 0.122 e. The summed E-state index contributed by atoms with van der Waals surface area (Å²) in [6.07, 6.45) is 1.03. The van der Waals surface area contributed by atoms with E-state index in [2.05, 4.69) is 56.4 Å². The first-order valence-corrected chi connectivity index (χ1v) is 9.35. The van der Waals surface area contributed by atoms with Crippen molar-refractivity contribution in [1.82, 2.24) is 5.32 Å². The summed E-state index contributed by atoms with van der Waals surface area (Å²) < 4.78 is 0. The van der Waals surface area contributed by atoms with Gasteiger partial charge in [0.25, 0.3) is 0 Å². The van der Waals surface area contributed by atoms with Crippen molar-refractivity contribution in [2.24, 2.45) is 0 Å². The third kappa shape index (κ3) is 4.13. The fraction of sp³-hybridized carbons (Fsp3) is 0.400. The Bertz CT molecular complexity index is 682. The van der Waals surface area contributed by atoms with Crippen LogP contribution in [0.4, 0.5) is 0 Å². The van der Waals surface area contributed by atoms with Crippen LogP contribution >= 0.6 is 8.58 Å². The molecule has 0 heterocycles. The highest BCUT2D eigenvalue weighted by atomic mass is 31.1. The third-order valence-electron chi connectivity index (χ3n) is 4.30. The summed E-state index contributed by atoms with van der Waals surface area (Å²) in [7, 11) is 2.66. The number of aromatic hydroxyl groups is 1. The van der Waals surface area contributed by atoms with Crippen LogP contribution in [-0.2, 0) is 6.54 Å². The van der Waals surface area contributed by atoms with Crippen molar-refractivity contribution in [2.75, 3.05) is 7.05 Å². The SMILES string of the molecule is CCC(Pc1c(C)cccc1CNC)c1cc(C)cc(C)c1O. The summed E-state index contributed by atoms with van der Waals surface area (Å²) in [4.78, 5) is 0. The second-order valence-electron chi connectivity index (χ2n) is 6.26. The maximum atomic E-state index is 10.5. The van der Waals surface area contributed by atoms with E-state index in [9.17, 15) is 5.11 Å². The Morgan fingerprint density at radius 3 is 2.52 bits per heavy atom. The van der Waals surface area contributed by atoms with Crippen molar-refractivity contribution in [3.8, 4) is 5.75 Å². The van der Waals surface area contributed by atoms with E-state index in [0.29, 0.717) is 20.0 Å². The first-order valence-electron chi connectivity index (χ1n) is 8.27. The topological polar surface area (TPSA) is 32.3 Å². The van der Waals surface area contributed by atoms with Crippen LogP contribution in [0.1, 0.15) is 46.8 Å². The van der Waals surface area contributed by atoms with Gasteiger partial charge in [0, 0.05) is 17.8 Å². The zero-order valence-electron chi connectivity index (χ0n) is 14.8. The second-order valence-corrected chi connectivity index (χ2v) is 7.75. The molecule has 3 heteroatoms. The molecule has 0 aliphatic carbocycles. The van der Waals surface area contributed by atoms with E-state index in [1.54, 1.807) is 0 Å². The first-order chi connectivity index (χ1) is 11.0. The number of hydrogen-bond acceptors (Lipinski definition) is 2. The second kappa shape index (κ2) is 7.95. The Kier molecular flexibility index (Phi) is 6.21. The normalized spacial score (nSPS) is 12.9. The quantitative estimate of drug-likeness (QED) is 0.765. The highest BCUT2D eigenvalue weighted by molar-refractivity contribution is 7.47. The number of nitrogens with one attached hydrogen (secondary N) is 1. The molecule has 124 valence electrons. The number of aryl methyl sites for hydroxylation is 3. The van der Waals surface area contributed by atoms with Crippen LogP contribution in [-0.4, -0.2) is 12.2 Å². The lowest BCUT2D eigenvalue weighted by Crippen LogP contribution is -2.16. The van der Waals surface area contributed by atoms with Gasteiger partial charge in [-0.2, -0.15) is 0 Å². The fourth-order valence-corrected chi connectivity index (χ4v) is 4.70. The van der Waals surface area contributed by atoms with Crippen LogP contribution in [0.2, 0.25) is 0 Å². The molecule has 0 aliphatic rings. The Morgan fingerprint density at radius 2 is 1.87 bits per heavy atom. The van der Waals surface area contributed by atoms with Gasteiger partial charge >= 0.3 is 0 Å². The number of phenols is 1. The molecule has 2 N–H and O–H groups in total. The summed E-state index contributed by atoms with van der Waals surface area (Å²) in [5, 5.41) is 15.2. The summed E-state index contributed by atoms with van der Waals surface area (Å²) in [5.41, 5.74) is 6.38. The standard InChI is InChI=1S/C20H28NOP/c1-6-18(17-11-13(2)10-15(4)19(17)22)23-20-14(3)8-7-9-16(20)12-21-5/h7-11,18,21-23H,6,12H2,1-5H3. The zero-order chi connectivity index (χ0) is 17.0. The van der Waals surface area contributed by atoms with Crippen LogP contribution in [0.3, 0.4) is 0 Å². The minimum absolute atomic E-state index is 0.366. The molecule has 2 unspecified atom stereocenters. The molecule has 0 fully saturated rings. The van der Waals surface area contributed by atoms with Gasteiger partial charge in [0.2, 0.25) is 0 Å². The van der Waals surface area contributed by atoms with Gasteiger partial charge in [0.05, 0.1) is 0 Å². The van der Waals surface area contributed by atoms with E-state index in [1.807, 2.05) is 14.0 Å². The minimum atomic E-state index is 0.366. The number of rotatable bonds is 6. The van der Waals surface area contributed by atoms with Gasteiger partial charge in [-0.15, -0.1) is 0 Å². The lowest BCUT2D eigenvalue weighted by molar-refractivity contribution is 0.462. The number of phenolic OH excluding ortho intramolecular Hbond substituents is 1. The maximum absolute atomic E-state index is 10.5. The summed E-state index contributed by atoms with van der Waals surface area (Å²) in [5.74, 6) is 0.471. The summed E-state index contributed by atoms with van der Waals surface area (Å²) >= 11 is 0. The predicted molar refractivity (Wildman–Crippen MR) is 103 cm³/mol. The van der Waals surface area contributed by atoms with Crippen molar-refractivity contribution in [1.29, 1.82) is 0 Å². The van der Waals surface area contributed by atoms with Crippen molar-refractivity contribution in [2.45, 2.75) is 46.3 Å². The van der Waals surface area contributed by atoms with E-state index in [0.717, 1.165) is 24.1 Å². The van der Waals surface area contributed by atoms with Crippen molar-refractivity contribution in [3.63, 3.8) is 0 Å². The molecular weight excluding hydrogens is 301 g/mol. The molecule has 0 radical (unpaired) electrons. The number of benzene rings is 2. The van der Waals surface area contributed by atoms with Gasteiger partial charge in [-0.05, 0) is 56.2 Å². The average Bonchev–Trinajstić information content (AvgIpc) is 2.51. The van der Waals surface area contributed by atoms with E-state index >= 15 is 0 Å². The monoisotopic (exact) mass is 329 g/mol. The molecule has 23 heavy (non-hydrogen) atoms. The molecule has 2 atom stereocenters. The highest BCUT2D eigenvalue weighted by Gasteiger charge is 2.18. The molecule has 0 spiro atoms. The van der Waals surface area contributed by atoms with E-state index < -0.39 is 0 Å². The third-order valence-corrected chi connectivity index (χ3v) is 6.37. The predicted octanol–water partition coefficient (Wildman–Crippen LogP) is 4.49. The lowest BCUT2D eigenvalue weighted by Gasteiger charge is -2.22. The zero-order valence-corrected chi connectivity index (χ0v) is 15.8. The molecule has 2 aromatic carbocycles. The molecule has 0 saturated heterocycles. The van der Waals surface area contributed by atoms with E-state index in [1.165, 1.54) is 22.0 Å². The smallest absolute Gasteiger partial charge is 0.122 e. The largest absolute Gasteiger partial charge is 0.507 e. The van der Waals surface area contributed by atoms with Crippen LogP contribution in [0.25, 0.3) is 0 Å². The number of hydrogen-bond donors (Lipinski definition) is 2.